The minimum Gasteiger partial charge on any atom is -0.497 e. The fourth-order valence-electron chi connectivity index (χ4n) is 4.16. The van der Waals surface area contributed by atoms with E-state index >= 15 is 0 Å². The normalized spacial score (nSPS) is 16.7. The molecule has 1 heterocycles. The Balaban J connectivity index is 1.82. The highest BCUT2D eigenvalue weighted by Gasteiger charge is 2.29. The molecule has 0 aromatic heterocycles. The van der Waals surface area contributed by atoms with E-state index in [0.29, 0.717) is 5.69 Å². The first-order chi connectivity index (χ1) is 14.4. The molecule has 1 aliphatic rings. The van der Waals surface area contributed by atoms with E-state index in [-0.39, 0.29) is 11.8 Å². The molecule has 3 aromatic carbocycles. The Labute approximate surface area is 182 Å². The van der Waals surface area contributed by atoms with E-state index in [2.05, 4.69) is 54.1 Å². The lowest BCUT2D eigenvalue weighted by Gasteiger charge is -2.27. The van der Waals surface area contributed by atoms with Crippen molar-refractivity contribution in [3.63, 3.8) is 0 Å². The number of hydrogen-bond acceptors (Lipinski definition) is 4. The molecule has 1 N–H and O–H groups in total. The van der Waals surface area contributed by atoms with Crippen LogP contribution in [-0.4, -0.2) is 21.8 Å². The molecule has 6 heteroatoms. The maximum atomic E-state index is 11.7. The molecule has 2 atom stereocenters. The molecule has 0 saturated heterocycles. The van der Waals surface area contributed by atoms with Crippen LogP contribution in [0.2, 0.25) is 0 Å². The Morgan fingerprint density at radius 3 is 2.60 bits per heavy atom. The quantitative estimate of drug-likeness (QED) is 0.562. The molecule has 0 saturated carbocycles. The second-order valence-corrected chi connectivity index (χ2v) is 10.4. The first-order valence-electron chi connectivity index (χ1n) is 9.82. The summed E-state index contributed by atoms with van der Waals surface area (Å²) in [4.78, 5) is 1.29. The first kappa shape index (κ1) is 20.8. The van der Waals surface area contributed by atoms with E-state index in [1.165, 1.54) is 27.8 Å². The summed E-state index contributed by atoms with van der Waals surface area (Å²) in [7, 11) is -1.63. The first-order valence-corrected chi connectivity index (χ1v) is 12.7. The third-order valence-electron chi connectivity index (χ3n) is 5.54. The molecule has 4 rings (SSSR count). The fourth-order valence-corrected chi connectivity index (χ4v) is 5.81. The van der Waals surface area contributed by atoms with E-state index in [1.807, 2.05) is 30.0 Å². The number of sulfonamides is 1. The highest BCUT2D eigenvalue weighted by molar-refractivity contribution is 7.98. The van der Waals surface area contributed by atoms with E-state index in [0.717, 1.165) is 17.1 Å². The topological polar surface area (TPSA) is 55.4 Å². The molecule has 3 aromatic rings. The van der Waals surface area contributed by atoms with Crippen molar-refractivity contribution in [2.75, 3.05) is 18.1 Å². The van der Waals surface area contributed by atoms with Crippen LogP contribution in [0.4, 0.5) is 5.69 Å². The van der Waals surface area contributed by atoms with Crippen LogP contribution < -0.4 is 9.46 Å². The predicted octanol–water partition coefficient (Wildman–Crippen LogP) is 5.61. The fraction of sp³-hybridized carbons (Fsp3) is 0.250. The van der Waals surface area contributed by atoms with Gasteiger partial charge in [-0.15, -0.1) is 11.8 Å². The summed E-state index contributed by atoms with van der Waals surface area (Å²) in [6, 6.07) is 22.6. The van der Waals surface area contributed by atoms with Crippen molar-refractivity contribution in [1.29, 1.82) is 0 Å². The number of anilines is 1. The van der Waals surface area contributed by atoms with Gasteiger partial charge in [-0.25, -0.2) is 8.42 Å². The number of ether oxygens (including phenoxy) is 1. The number of thioether (sulfide) groups is 1. The van der Waals surface area contributed by atoms with Gasteiger partial charge in [-0.3, -0.25) is 4.72 Å². The van der Waals surface area contributed by atoms with Gasteiger partial charge in [0.15, 0.2) is 0 Å². The monoisotopic (exact) mass is 439 g/mol. The van der Waals surface area contributed by atoms with Crippen LogP contribution >= 0.6 is 11.8 Å². The lowest BCUT2D eigenvalue weighted by atomic mass is 9.77. The molecular weight excluding hydrogens is 414 g/mol. The zero-order valence-electron chi connectivity index (χ0n) is 17.3. The molecule has 4 nitrogen and oxygen atoms in total. The van der Waals surface area contributed by atoms with Crippen molar-refractivity contribution in [2.24, 2.45) is 0 Å². The van der Waals surface area contributed by atoms with Crippen molar-refractivity contribution in [3.05, 3.63) is 89.0 Å². The molecule has 0 spiro atoms. The average molecular weight is 440 g/mol. The highest BCUT2D eigenvalue weighted by Crippen LogP contribution is 2.47. The SMILES string of the molecule is COc1ccc2c(c1)CSc1ccccc1C2[C@@H](C)c1cccc(NS(C)(=O)=O)c1. The summed E-state index contributed by atoms with van der Waals surface area (Å²) in [5.41, 5.74) is 5.56. The molecular formula is C24H25NO3S2. The Bertz CT molecular complexity index is 1170. The van der Waals surface area contributed by atoms with E-state index < -0.39 is 10.0 Å². The van der Waals surface area contributed by atoms with Crippen LogP contribution in [-0.2, 0) is 15.8 Å². The van der Waals surface area contributed by atoms with Gasteiger partial charge in [0.25, 0.3) is 0 Å². The molecule has 0 bridgehead atoms. The predicted molar refractivity (Wildman–Crippen MR) is 124 cm³/mol. The van der Waals surface area contributed by atoms with Crippen molar-refractivity contribution in [3.8, 4) is 5.75 Å². The molecule has 0 aliphatic carbocycles. The Morgan fingerprint density at radius 2 is 1.83 bits per heavy atom. The Morgan fingerprint density at radius 1 is 1.03 bits per heavy atom. The molecule has 30 heavy (non-hydrogen) atoms. The average Bonchev–Trinajstić information content (AvgIpc) is 2.88. The summed E-state index contributed by atoms with van der Waals surface area (Å²) in [6.07, 6.45) is 1.17. The van der Waals surface area contributed by atoms with Crippen LogP contribution in [0.3, 0.4) is 0 Å². The van der Waals surface area contributed by atoms with Crippen LogP contribution in [0.1, 0.15) is 41.0 Å². The summed E-state index contributed by atoms with van der Waals surface area (Å²) < 4.78 is 31.4. The smallest absolute Gasteiger partial charge is 0.229 e. The second kappa shape index (κ2) is 8.36. The highest BCUT2D eigenvalue weighted by atomic mass is 32.2. The number of rotatable bonds is 5. The Hall–Kier alpha value is -2.44. The molecule has 0 fully saturated rings. The molecule has 156 valence electrons. The van der Waals surface area contributed by atoms with Crippen molar-refractivity contribution in [1.82, 2.24) is 0 Å². The van der Waals surface area contributed by atoms with Gasteiger partial charge in [0.05, 0.1) is 13.4 Å². The number of methoxy groups -OCH3 is 1. The molecule has 1 aliphatic heterocycles. The van der Waals surface area contributed by atoms with Crippen LogP contribution in [0.5, 0.6) is 5.75 Å². The van der Waals surface area contributed by atoms with Crippen LogP contribution in [0, 0.1) is 0 Å². The standard InChI is InChI=1S/C24H25NO3S2/c1-16(17-7-6-8-19(13-17)25-30(3,26)27)24-21-12-11-20(28-2)14-18(21)15-29-23-10-5-4-9-22(23)24/h4-14,16,24-25H,15H2,1-3H3/t16-,24?/m0/s1. The van der Waals surface area contributed by atoms with E-state index in [9.17, 15) is 8.42 Å². The van der Waals surface area contributed by atoms with Gasteiger partial charge in [0, 0.05) is 22.3 Å². The molecule has 0 radical (unpaired) electrons. The number of fused-ring (bicyclic) bond motifs is 2. The zero-order valence-corrected chi connectivity index (χ0v) is 18.9. The number of nitrogens with one attached hydrogen (secondary N) is 1. The minimum atomic E-state index is -3.32. The summed E-state index contributed by atoms with van der Waals surface area (Å²) in [5, 5.41) is 0. The van der Waals surface area contributed by atoms with Gasteiger partial charge >= 0.3 is 0 Å². The molecule has 1 unspecified atom stereocenters. The largest absolute Gasteiger partial charge is 0.497 e. The lowest BCUT2D eigenvalue weighted by molar-refractivity contribution is 0.414. The van der Waals surface area contributed by atoms with Gasteiger partial charge in [-0.2, -0.15) is 0 Å². The van der Waals surface area contributed by atoms with Crippen molar-refractivity contribution in [2.45, 2.75) is 29.4 Å². The lowest BCUT2D eigenvalue weighted by Crippen LogP contribution is -2.13. The maximum absolute atomic E-state index is 11.7. The third kappa shape index (κ3) is 4.35. The maximum Gasteiger partial charge on any atom is 0.229 e. The van der Waals surface area contributed by atoms with Crippen molar-refractivity contribution >= 4 is 27.5 Å². The number of benzene rings is 3. The minimum absolute atomic E-state index is 0.151. The van der Waals surface area contributed by atoms with Gasteiger partial charge in [-0.1, -0.05) is 43.3 Å². The van der Waals surface area contributed by atoms with Gasteiger partial charge < -0.3 is 4.74 Å². The molecule has 0 amide bonds. The van der Waals surface area contributed by atoms with Crippen LogP contribution in [0.25, 0.3) is 0 Å². The van der Waals surface area contributed by atoms with Gasteiger partial charge in [0.1, 0.15) is 5.75 Å². The van der Waals surface area contributed by atoms with E-state index in [4.69, 9.17) is 4.74 Å². The van der Waals surface area contributed by atoms with Crippen molar-refractivity contribution < 1.29 is 13.2 Å². The summed E-state index contributed by atoms with van der Waals surface area (Å²) in [6.45, 7) is 2.21. The van der Waals surface area contributed by atoms with Crippen LogP contribution in [0.15, 0.2) is 71.6 Å². The van der Waals surface area contributed by atoms with E-state index in [1.54, 1.807) is 13.2 Å². The second-order valence-electron chi connectivity index (χ2n) is 7.66. The number of hydrogen-bond donors (Lipinski definition) is 1. The van der Waals surface area contributed by atoms with Gasteiger partial charge in [-0.05, 0) is 58.5 Å². The Kier molecular flexibility index (Phi) is 5.80. The summed E-state index contributed by atoms with van der Waals surface area (Å²) in [5.74, 6) is 2.07. The third-order valence-corrected chi connectivity index (χ3v) is 7.28. The summed E-state index contributed by atoms with van der Waals surface area (Å²) >= 11 is 1.85. The zero-order chi connectivity index (χ0) is 21.3. The van der Waals surface area contributed by atoms with Gasteiger partial charge in [0.2, 0.25) is 10.0 Å².